The molecule has 0 saturated carbocycles. The van der Waals surface area contributed by atoms with Crippen LogP contribution in [0.2, 0.25) is 0 Å². The van der Waals surface area contributed by atoms with E-state index in [1.165, 1.54) is 23.9 Å². The van der Waals surface area contributed by atoms with Gasteiger partial charge in [0.2, 0.25) is 23.6 Å². The summed E-state index contributed by atoms with van der Waals surface area (Å²) in [7, 11) is 0. The summed E-state index contributed by atoms with van der Waals surface area (Å²) in [5, 5.41) is 27.4. The van der Waals surface area contributed by atoms with Gasteiger partial charge in [-0.2, -0.15) is 11.8 Å². The molecular weight excluding hydrogens is 576 g/mol. The van der Waals surface area contributed by atoms with Gasteiger partial charge >= 0.3 is 5.97 Å². The Balaban J connectivity index is 1.82. The topological polar surface area (TPSA) is 230 Å². The van der Waals surface area contributed by atoms with Crippen LogP contribution in [0.3, 0.4) is 0 Å². The first-order valence-electron chi connectivity index (χ1n) is 13.5. The van der Waals surface area contributed by atoms with E-state index in [4.69, 9.17) is 11.5 Å². The molecule has 1 aromatic heterocycles. The van der Waals surface area contributed by atoms with Gasteiger partial charge in [-0.25, -0.2) is 4.79 Å². The Bertz CT molecular complexity index is 1440. The lowest BCUT2D eigenvalue weighted by Gasteiger charge is -2.25. The molecule has 43 heavy (non-hydrogen) atoms. The Morgan fingerprint density at radius 2 is 1.51 bits per heavy atom. The van der Waals surface area contributed by atoms with Crippen LogP contribution in [0.1, 0.15) is 24.0 Å². The lowest BCUT2D eigenvalue weighted by molar-refractivity contribution is -0.143. The number of primary amides is 1. The molecule has 2 aromatic carbocycles. The van der Waals surface area contributed by atoms with E-state index in [1.807, 2.05) is 24.3 Å². The summed E-state index contributed by atoms with van der Waals surface area (Å²) in [5.41, 5.74) is 13.6. The fourth-order valence-corrected chi connectivity index (χ4v) is 4.91. The summed E-state index contributed by atoms with van der Waals surface area (Å²) in [5.74, 6) is -3.94. The van der Waals surface area contributed by atoms with Crippen LogP contribution in [0.5, 0.6) is 5.75 Å². The fourth-order valence-electron chi connectivity index (χ4n) is 4.44. The first-order valence-corrected chi connectivity index (χ1v) is 14.9. The number of aliphatic carboxylic acids is 1. The maximum absolute atomic E-state index is 13.7. The molecule has 1 heterocycles. The smallest absolute Gasteiger partial charge is 0.326 e. The molecule has 0 spiro atoms. The van der Waals surface area contributed by atoms with Gasteiger partial charge in [0.15, 0.2) is 0 Å². The van der Waals surface area contributed by atoms with Gasteiger partial charge < -0.3 is 42.6 Å². The Morgan fingerprint density at radius 1 is 0.884 bits per heavy atom. The molecule has 4 atom stereocenters. The molecular formula is C29H36N6O7S. The minimum absolute atomic E-state index is 0.0593. The number of phenolic OH excluding ortho intramolecular Hbond substituents is 1. The summed E-state index contributed by atoms with van der Waals surface area (Å²) < 4.78 is 0. The predicted octanol–water partition coefficient (Wildman–Crippen LogP) is 0.154. The van der Waals surface area contributed by atoms with Crippen molar-refractivity contribution in [2.75, 3.05) is 12.0 Å². The van der Waals surface area contributed by atoms with Gasteiger partial charge in [0.1, 0.15) is 23.9 Å². The zero-order valence-corrected chi connectivity index (χ0v) is 24.4. The van der Waals surface area contributed by atoms with Crippen LogP contribution in [0.25, 0.3) is 10.9 Å². The third-order valence-corrected chi connectivity index (χ3v) is 7.37. The van der Waals surface area contributed by atoms with E-state index in [0.29, 0.717) is 11.3 Å². The molecule has 4 amide bonds. The maximum atomic E-state index is 13.7. The Labute approximate surface area is 252 Å². The molecule has 0 fully saturated rings. The quantitative estimate of drug-likeness (QED) is 0.110. The number of aromatic hydroxyl groups is 1. The number of H-pyrrole nitrogens is 1. The third kappa shape index (κ3) is 9.75. The van der Waals surface area contributed by atoms with Gasteiger partial charge in [0.25, 0.3) is 0 Å². The number of carboxylic acids is 1. The molecule has 0 radical (unpaired) electrons. The number of fused-ring (bicyclic) bond motifs is 1. The number of para-hydroxylation sites is 1. The molecule has 10 N–H and O–H groups in total. The summed E-state index contributed by atoms with van der Waals surface area (Å²) in [6, 6.07) is 8.75. The van der Waals surface area contributed by atoms with Crippen molar-refractivity contribution >= 4 is 52.3 Å². The van der Waals surface area contributed by atoms with Gasteiger partial charge in [-0.15, -0.1) is 0 Å². The number of thioether (sulfide) groups is 1. The number of amides is 4. The number of hydrogen-bond acceptors (Lipinski definition) is 8. The molecule has 14 heteroatoms. The van der Waals surface area contributed by atoms with Crippen LogP contribution >= 0.6 is 11.8 Å². The maximum Gasteiger partial charge on any atom is 0.326 e. The highest BCUT2D eigenvalue weighted by Gasteiger charge is 2.31. The zero-order valence-electron chi connectivity index (χ0n) is 23.5. The average molecular weight is 613 g/mol. The Kier molecular flexibility index (Phi) is 12.0. The highest BCUT2D eigenvalue weighted by molar-refractivity contribution is 7.98. The van der Waals surface area contributed by atoms with E-state index in [1.54, 1.807) is 24.6 Å². The van der Waals surface area contributed by atoms with Gasteiger partial charge in [-0.05, 0) is 54.2 Å². The third-order valence-electron chi connectivity index (χ3n) is 6.72. The van der Waals surface area contributed by atoms with E-state index < -0.39 is 60.2 Å². The van der Waals surface area contributed by atoms with Crippen molar-refractivity contribution in [1.82, 2.24) is 20.9 Å². The average Bonchev–Trinajstić information content (AvgIpc) is 3.37. The summed E-state index contributed by atoms with van der Waals surface area (Å²) >= 11 is 1.41. The molecule has 3 rings (SSSR count). The molecule has 0 bridgehead atoms. The van der Waals surface area contributed by atoms with Crippen LogP contribution in [0.4, 0.5) is 0 Å². The number of aromatic nitrogens is 1. The number of carboxylic acid groups (broad SMARTS) is 1. The molecule has 0 aliphatic rings. The fraction of sp³-hybridized carbons (Fsp3) is 0.345. The number of carbonyl (C=O) groups is 5. The Morgan fingerprint density at radius 3 is 2.16 bits per heavy atom. The van der Waals surface area contributed by atoms with Crippen molar-refractivity contribution < 1.29 is 34.2 Å². The van der Waals surface area contributed by atoms with Gasteiger partial charge in [-0.3, -0.25) is 19.2 Å². The van der Waals surface area contributed by atoms with Gasteiger partial charge in [0, 0.05) is 23.5 Å². The molecule has 230 valence electrons. The molecule has 0 unspecified atom stereocenters. The molecule has 3 aromatic rings. The highest BCUT2D eigenvalue weighted by atomic mass is 32.2. The van der Waals surface area contributed by atoms with Crippen LogP contribution in [-0.2, 0) is 36.8 Å². The number of hydrogen-bond donors (Lipinski definition) is 8. The van der Waals surface area contributed by atoms with Crippen molar-refractivity contribution in [3.63, 3.8) is 0 Å². The lowest BCUT2D eigenvalue weighted by atomic mass is 10.0. The second-order valence-electron chi connectivity index (χ2n) is 10.0. The number of carbonyl (C=O) groups excluding carboxylic acids is 4. The summed E-state index contributed by atoms with van der Waals surface area (Å²) in [6.45, 7) is 0. The first-order chi connectivity index (χ1) is 20.5. The van der Waals surface area contributed by atoms with Crippen molar-refractivity contribution in [3.8, 4) is 5.75 Å². The van der Waals surface area contributed by atoms with E-state index >= 15 is 0 Å². The summed E-state index contributed by atoms with van der Waals surface area (Å²) in [6.07, 6.45) is 3.26. The second-order valence-corrected chi connectivity index (χ2v) is 11.0. The minimum atomic E-state index is -1.57. The lowest BCUT2D eigenvalue weighted by Crippen LogP contribution is -2.58. The molecule has 13 nitrogen and oxygen atoms in total. The highest BCUT2D eigenvalue weighted by Crippen LogP contribution is 2.19. The second kappa shape index (κ2) is 15.6. The van der Waals surface area contributed by atoms with Crippen LogP contribution < -0.4 is 27.4 Å². The van der Waals surface area contributed by atoms with Crippen LogP contribution in [-0.4, -0.2) is 81.0 Å². The number of nitrogens with one attached hydrogen (secondary N) is 4. The SMILES string of the molecule is CSCC[C@H](NC(=O)[C@H](Cc1c[nH]c2ccccc12)NC(=O)[C@@H](N)Cc1ccc(O)cc1)C(=O)N[C@@H](CC(N)=O)C(=O)O. The first kappa shape index (κ1) is 32.9. The van der Waals surface area contributed by atoms with Crippen molar-refractivity contribution in [2.24, 2.45) is 11.5 Å². The van der Waals surface area contributed by atoms with E-state index in [-0.39, 0.29) is 25.0 Å². The normalized spacial score (nSPS) is 13.8. The largest absolute Gasteiger partial charge is 0.508 e. The number of rotatable bonds is 16. The minimum Gasteiger partial charge on any atom is -0.508 e. The summed E-state index contributed by atoms with van der Waals surface area (Å²) in [4.78, 5) is 65.9. The monoisotopic (exact) mass is 612 g/mol. The van der Waals surface area contributed by atoms with E-state index in [0.717, 1.165) is 16.5 Å². The number of benzene rings is 2. The van der Waals surface area contributed by atoms with E-state index in [2.05, 4.69) is 20.9 Å². The molecule has 0 saturated heterocycles. The van der Waals surface area contributed by atoms with E-state index in [9.17, 15) is 34.2 Å². The standard InChI is InChI=1S/C29H36N6O7S/c1-43-11-10-22(27(39)35-24(29(41)42)14-25(31)37)33-28(40)23(13-17-15-32-21-5-3-2-4-19(17)21)34-26(38)20(30)12-16-6-8-18(36)9-7-16/h2-9,15,20,22-24,32,36H,10-14,30H2,1H3,(H2,31,37)(H,33,40)(H,34,38)(H,35,39)(H,41,42)/t20-,22-,23-,24-/m0/s1. The zero-order chi connectivity index (χ0) is 31.5. The van der Waals surface area contributed by atoms with Gasteiger partial charge in [0.05, 0.1) is 12.5 Å². The van der Waals surface area contributed by atoms with Crippen molar-refractivity contribution in [3.05, 3.63) is 65.9 Å². The number of phenols is 1. The predicted molar refractivity (Wildman–Crippen MR) is 162 cm³/mol. The van der Waals surface area contributed by atoms with Crippen LogP contribution in [0.15, 0.2) is 54.7 Å². The molecule has 0 aliphatic carbocycles. The van der Waals surface area contributed by atoms with Crippen LogP contribution in [0, 0.1) is 0 Å². The Hall–Kier alpha value is -4.56. The van der Waals surface area contributed by atoms with Crippen molar-refractivity contribution in [2.45, 2.75) is 49.9 Å². The van der Waals surface area contributed by atoms with Gasteiger partial charge in [-0.1, -0.05) is 30.3 Å². The number of nitrogens with two attached hydrogens (primary N) is 2. The molecule has 0 aliphatic heterocycles. The van der Waals surface area contributed by atoms with Crippen molar-refractivity contribution in [1.29, 1.82) is 0 Å². The number of aromatic amines is 1.